The molecule has 8 nitrogen and oxygen atoms in total. The minimum Gasteiger partial charge on any atom is 3.00 e. The van der Waals surface area contributed by atoms with Gasteiger partial charge in [0.25, 0.3) is 0 Å². The number of nitrogens with zero attached hydrogens (tertiary/aromatic N) is 4. The van der Waals surface area contributed by atoms with E-state index in [0.717, 1.165) is 113 Å². The molecule has 0 saturated heterocycles. The normalized spacial score (nSPS) is 18.2. The van der Waals surface area contributed by atoms with Gasteiger partial charge >= 0.3 is 57.4 Å². The van der Waals surface area contributed by atoms with E-state index in [0.29, 0.717) is 49.2 Å². The third-order valence-corrected chi connectivity index (χ3v) is 23.5. The summed E-state index contributed by atoms with van der Waals surface area (Å²) < 4.78 is 0. The summed E-state index contributed by atoms with van der Waals surface area (Å²) in [4.78, 5) is 9.17. The Labute approximate surface area is 698 Å². The minimum absolute atomic E-state index is 0. The first-order valence-electron chi connectivity index (χ1n) is 39.2. The van der Waals surface area contributed by atoms with Crippen LogP contribution in [0.3, 0.4) is 0 Å². The monoisotopic (exact) mass is 1590 g/mol. The Balaban J connectivity index is 0.000000208. The number of phenolic OH excluding ortho intramolecular Hbond substituents is 4. The van der Waals surface area contributed by atoms with Crippen molar-refractivity contribution in [2.24, 2.45) is 0 Å². The summed E-state index contributed by atoms with van der Waals surface area (Å²) in [6, 6.07) is 72.1. The van der Waals surface area contributed by atoms with Crippen molar-refractivity contribution in [3.05, 3.63) is 342 Å². The van der Waals surface area contributed by atoms with Crippen LogP contribution in [0.15, 0.2) is 206 Å². The van der Waals surface area contributed by atoms with Crippen molar-refractivity contribution in [2.45, 2.75) is 187 Å². The van der Waals surface area contributed by atoms with Crippen LogP contribution in [0.1, 0.15) is 228 Å². The summed E-state index contributed by atoms with van der Waals surface area (Å²) >= 11 is -0.556. The number of phenols is 4. The van der Waals surface area contributed by atoms with Crippen LogP contribution >= 0.6 is 18.6 Å². The van der Waals surface area contributed by atoms with Gasteiger partial charge in [-0.2, -0.15) is 49.2 Å². The zero-order valence-electron chi connectivity index (χ0n) is 69.1. The first-order chi connectivity index (χ1) is 52.1. The van der Waals surface area contributed by atoms with Crippen molar-refractivity contribution in [2.75, 3.05) is 54.4 Å². The zero-order valence-corrected chi connectivity index (χ0v) is 73.7. The molecule has 10 aromatic rings. The SMILES string of the molecule is Cc1cc(CN(CCN(C)C)Cc2cc(C)cc(C3(C)CC(C)(C)c4ccccc43)c2O)c(O)c(C2CC(C)(C)c3ccccc32)c1.Cc1cc(CN(CCN(C)C)Cc2cc(C)cc(C3CC(C)(C)c4ccccc43)c2O)c(O)c(C2CC(C)(C)c3ccccc32)c1.[CH2-]c1ccccc1.[CH2-]c1ccccc1.[Cl][Ti][Cl].[Ti+3]. The summed E-state index contributed by atoms with van der Waals surface area (Å²) in [5.74, 6) is 2.14. The molecule has 0 bridgehead atoms. The number of hydrogen-bond acceptors (Lipinski definition) is 8. The van der Waals surface area contributed by atoms with E-state index in [2.05, 4.69) is 297 Å². The largest absolute Gasteiger partial charge is 3.00 e. The van der Waals surface area contributed by atoms with Gasteiger partial charge in [-0.3, -0.25) is 9.80 Å². The average molecular weight is 1600 g/mol. The Hall–Kier alpha value is -7.01. The predicted molar refractivity (Wildman–Crippen MR) is 459 cm³/mol. The molecular weight excluding hydrogens is 1480 g/mol. The summed E-state index contributed by atoms with van der Waals surface area (Å²) in [6.45, 7) is 42.6. The molecule has 0 heterocycles. The Kier molecular flexibility index (Phi) is 29.7. The van der Waals surface area contributed by atoms with Crippen LogP contribution in [0.2, 0.25) is 0 Å². The average Bonchev–Trinajstić information content (AvgIpc) is 1.57. The van der Waals surface area contributed by atoms with Crippen molar-refractivity contribution in [3.8, 4) is 23.0 Å². The van der Waals surface area contributed by atoms with Crippen molar-refractivity contribution < 1.29 is 59.2 Å². The van der Waals surface area contributed by atoms with Crippen LogP contribution < -0.4 is 0 Å². The third kappa shape index (κ3) is 20.9. The molecule has 14 rings (SSSR count). The molecule has 4 aliphatic carbocycles. The van der Waals surface area contributed by atoms with E-state index < -0.39 is 17.0 Å². The fourth-order valence-corrected chi connectivity index (χ4v) is 18.4. The van der Waals surface area contributed by atoms with Crippen molar-refractivity contribution >= 4 is 18.6 Å². The molecule has 10 aromatic carbocycles. The molecule has 1 radical (unpaired) electrons. The van der Waals surface area contributed by atoms with Crippen LogP contribution in [0, 0.1) is 41.5 Å². The molecule has 0 spiro atoms. The molecule has 0 saturated carbocycles. The summed E-state index contributed by atoms with van der Waals surface area (Å²) in [6.07, 6.45) is 3.88. The van der Waals surface area contributed by atoms with E-state index >= 15 is 0 Å². The van der Waals surface area contributed by atoms with E-state index in [1.165, 1.54) is 61.2 Å². The number of rotatable bonds is 18. The summed E-state index contributed by atoms with van der Waals surface area (Å²) in [5, 5.41) is 47.8. The Morgan fingerprint density at radius 2 is 0.613 bits per heavy atom. The molecular formula is C99H120Cl2N4O4Ti2+. The number of aromatic hydroxyl groups is 4. The van der Waals surface area contributed by atoms with Gasteiger partial charge in [0.15, 0.2) is 0 Å². The molecule has 4 atom stereocenters. The fourth-order valence-electron chi connectivity index (χ4n) is 18.4. The maximum atomic E-state index is 12.1. The zero-order chi connectivity index (χ0) is 79.8. The van der Waals surface area contributed by atoms with Crippen molar-refractivity contribution in [1.82, 2.24) is 19.6 Å². The Bertz CT molecular complexity index is 4620. The molecule has 4 unspecified atom stereocenters. The van der Waals surface area contributed by atoms with Crippen LogP contribution in [0.5, 0.6) is 23.0 Å². The molecule has 0 fully saturated rings. The first-order valence-corrected chi connectivity index (χ1v) is 43.5. The molecule has 12 heteroatoms. The van der Waals surface area contributed by atoms with Crippen LogP contribution in [0.25, 0.3) is 0 Å². The third-order valence-electron chi connectivity index (χ3n) is 23.5. The van der Waals surface area contributed by atoms with E-state index in [1.807, 2.05) is 60.7 Å². The van der Waals surface area contributed by atoms with Gasteiger partial charge in [0.05, 0.1) is 0 Å². The van der Waals surface area contributed by atoms with Gasteiger partial charge in [-0.25, -0.2) is 0 Å². The van der Waals surface area contributed by atoms with Crippen LogP contribution in [-0.4, -0.2) is 94.4 Å². The van der Waals surface area contributed by atoms with Gasteiger partial charge in [-0.1, -0.05) is 242 Å². The van der Waals surface area contributed by atoms with E-state index in [9.17, 15) is 20.4 Å². The molecule has 0 amide bonds. The van der Waals surface area contributed by atoms with Crippen molar-refractivity contribution in [1.29, 1.82) is 0 Å². The number of halogens is 2. The first kappa shape index (κ1) is 87.9. The molecule has 0 aliphatic heterocycles. The number of likely N-dealkylation sites (N-methyl/N-ethyl adjacent to an activating group) is 2. The van der Waals surface area contributed by atoms with E-state index in [-0.39, 0.29) is 66.5 Å². The van der Waals surface area contributed by atoms with Gasteiger partial charge in [0.1, 0.15) is 23.0 Å². The second kappa shape index (κ2) is 37.5. The van der Waals surface area contributed by atoms with Crippen molar-refractivity contribution in [3.63, 3.8) is 0 Å². The van der Waals surface area contributed by atoms with Crippen LogP contribution in [0.4, 0.5) is 0 Å². The number of hydrogen-bond donors (Lipinski definition) is 4. The fraction of sp³-hybridized carbons (Fsp3) is 0.374. The van der Waals surface area contributed by atoms with E-state index in [1.54, 1.807) is 0 Å². The molecule has 581 valence electrons. The van der Waals surface area contributed by atoms with Gasteiger partial charge < -0.3 is 30.2 Å². The maximum absolute atomic E-state index is 12.1. The van der Waals surface area contributed by atoms with Gasteiger partial charge in [0, 0.05) is 120 Å². The van der Waals surface area contributed by atoms with E-state index in [4.69, 9.17) is 18.6 Å². The quantitative estimate of drug-likeness (QED) is 0.0499. The second-order valence-electron chi connectivity index (χ2n) is 35.1. The Morgan fingerprint density at radius 3 is 0.910 bits per heavy atom. The van der Waals surface area contributed by atoms with Gasteiger partial charge in [-0.15, -0.1) is 24.3 Å². The number of benzene rings is 10. The second-order valence-corrected chi connectivity index (χ2v) is 37.7. The molecule has 4 N–H and O–H groups in total. The topological polar surface area (TPSA) is 93.9 Å². The van der Waals surface area contributed by atoms with Gasteiger partial charge in [0.2, 0.25) is 0 Å². The standard InChI is InChI=1S/C43H54N2O2.C42H52N2O2.2C7H7.2ClH.2Ti/c1-28-20-30(39(46)33(22-28)34-24-41(3,4)35-15-11-10-14-32(34)35)25-45(19-18-44(8)9)26-31-21-29(2)23-38(40(31)47)43(7)27-42(5,6)36-16-12-13-17-37(36)43;1-27-19-29(39(45)33(21-27)35-23-41(3,4)37-15-11-9-13-31(35)37)25-44(18-17-43(7)8)26-30-20-28(2)22-34(40(30)46)36-24-42(5,6)38-16-12-10-14-32(36)38;2*1-7-5-3-2-4-6-7;;;;/h10-17,20-23,34,46-47H,18-19,24-27H2,1-9H3;9-16,19-22,35-36,45-46H,17-18,23-26H2,1-8H3;2*2-6H,1H2;2*1H;;/q;;2*-1;;;+2;+3/p-2. The van der Waals surface area contributed by atoms with Crippen LogP contribution in [-0.2, 0) is 92.0 Å². The number of fused-ring (bicyclic) bond motifs is 4. The molecule has 111 heavy (non-hydrogen) atoms. The predicted octanol–water partition coefficient (Wildman–Crippen LogP) is 23.1. The molecule has 4 aliphatic rings. The summed E-state index contributed by atoms with van der Waals surface area (Å²) in [5.41, 5.74) is 25.5. The summed E-state index contributed by atoms with van der Waals surface area (Å²) in [7, 11) is 18.2. The van der Waals surface area contributed by atoms with Gasteiger partial charge in [-0.05, 0) is 148 Å². The molecule has 0 aromatic heterocycles. The maximum Gasteiger partial charge on any atom is 3.00 e. The Morgan fingerprint density at radius 1 is 0.342 bits per heavy atom. The number of aryl methyl sites for hydroxylation is 4. The minimum atomic E-state index is -0.556. The smallest absolute Gasteiger partial charge is 3.00 e.